The molecule has 2 aromatic carbocycles. The zero-order valence-corrected chi connectivity index (χ0v) is 25.1. The van der Waals surface area contributed by atoms with Crippen molar-refractivity contribution in [1.82, 2.24) is 4.98 Å². The van der Waals surface area contributed by atoms with Crippen molar-refractivity contribution in [2.24, 2.45) is 5.16 Å². The molecular weight excluding hydrogens is 562 g/mol. The number of hydrogen-bond acceptors (Lipinski definition) is 11. The molecule has 0 saturated carbocycles. The van der Waals surface area contributed by atoms with Crippen LogP contribution in [0.4, 0.5) is 5.13 Å². The SMILES string of the molecule is COc1cc(C2=NOC(C3=CC(OCC(=O)Nc4nc5ccc(C)cc5s4)C(OC)(OC)C=C3)C2)cc(OC)c1OC. The predicted octanol–water partition coefficient (Wildman–Crippen LogP) is 4.63. The van der Waals surface area contributed by atoms with E-state index in [0.717, 1.165) is 26.9 Å². The van der Waals surface area contributed by atoms with Gasteiger partial charge in [-0.3, -0.25) is 10.1 Å². The molecule has 0 radical (unpaired) electrons. The molecule has 1 amide bonds. The van der Waals surface area contributed by atoms with Gasteiger partial charge in [0, 0.05) is 26.2 Å². The lowest BCUT2D eigenvalue weighted by molar-refractivity contribution is -0.225. The van der Waals surface area contributed by atoms with Crippen LogP contribution >= 0.6 is 11.3 Å². The summed E-state index contributed by atoms with van der Waals surface area (Å²) >= 11 is 1.41. The third-order valence-corrected chi connectivity index (χ3v) is 8.04. The number of ether oxygens (including phenoxy) is 6. The van der Waals surface area contributed by atoms with Crippen molar-refractivity contribution < 1.29 is 38.1 Å². The zero-order chi connectivity index (χ0) is 29.9. The van der Waals surface area contributed by atoms with Gasteiger partial charge in [0.1, 0.15) is 12.7 Å². The van der Waals surface area contributed by atoms with Crippen molar-refractivity contribution in [3.8, 4) is 17.2 Å². The second-order valence-electron chi connectivity index (χ2n) is 9.65. The molecule has 3 aromatic rings. The van der Waals surface area contributed by atoms with Gasteiger partial charge in [-0.2, -0.15) is 0 Å². The van der Waals surface area contributed by atoms with Gasteiger partial charge in [0.2, 0.25) is 11.5 Å². The first kappa shape index (κ1) is 29.5. The number of rotatable bonds is 11. The molecule has 2 aliphatic rings. The highest BCUT2D eigenvalue weighted by molar-refractivity contribution is 7.22. The van der Waals surface area contributed by atoms with E-state index < -0.39 is 18.0 Å². The van der Waals surface area contributed by atoms with E-state index in [0.29, 0.717) is 34.5 Å². The molecule has 42 heavy (non-hydrogen) atoms. The lowest BCUT2D eigenvalue weighted by Crippen LogP contribution is -2.47. The molecule has 1 aliphatic carbocycles. The van der Waals surface area contributed by atoms with Gasteiger partial charge in [0.25, 0.3) is 5.91 Å². The van der Waals surface area contributed by atoms with Crippen LogP contribution in [0.5, 0.6) is 17.2 Å². The van der Waals surface area contributed by atoms with E-state index in [2.05, 4.69) is 15.5 Å². The minimum Gasteiger partial charge on any atom is -0.493 e. The Morgan fingerprint density at radius 2 is 1.81 bits per heavy atom. The number of hydrogen-bond donors (Lipinski definition) is 1. The maximum absolute atomic E-state index is 12.8. The average molecular weight is 596 g/mol. The number of carbonyl (C=O) groups excluding carboxylic acids is 1. The first-order valence-corrected chi connectivity index (χ1v) is 14.0. The Hall–Kier alpha value is -3.97. The Morgan fingerprint density at radius 3 is 2.48 bits per heavy atom. The number of thiazole rings is 1. The lowest BCUT2D eigenvalue weighted by Gasteiger charge is -2.36. The van der Waals surface area contributed by atoms with Crippen LogP contribution in [0.1, 0.15) is 17.5 Å². The average Bonchev–Trinajstić information content (AvgIpc) is 3.66. The summed E-state index contributed by atoms with van der Waals surface area (Å²) in [6.45, 7) is 1.77. The van der Waals surface area contributed by atoms with E-state index in [9.17, 15) is 4.79 Å². The van der Waals surface area contributed by atoms with Crippen LogP contribution in [0.25, 0.3) is 10.2 Å². The fraction of sp³-hybridized carbons (Fsp3) is 0.367. The number of oxime groups is 1. The van der Waals surface area contributed by atoms with Crippen LogP contribution in [0.3, 0.4) is 0 Å². The van der Waals surface area contributed by atoms with Crippen molar-refractivity contribution in [2.45, 2.75) is 31.3 Å². The molecule has 2 heterocycles. The van der Waals surface area contributed by atoms with Gasteiger partial charge in [-0.05, 0) is 54.5 Å². The Balaban J connectivity index is 1.29. The third-order valence-electron chi connectivity index (χ3n) is 7.11. The van der Waals surface area contributed by atoms with Crippen molar-refractivity contribution in [3.63, 3.8) is 0 Å². The summed E-state index contributed by atoms with van der Waals surface area (Å²) in [6.07, 6.45) is 4.78. The van der Waals surface area contributed by atoms with Crippen molar-refractivity contribution in [3.05, 3.63) is 65.3 Å². The topological polar surface area (TPSA) is 119 Å². The summed E-state index contributed by atoms with van der Waals surface area (Å²) in [5.74, 6) is -0.0344. The normalized spacial score (nSPS) is 19.2. The molecular formula is C30H33N3O8S. The van der Waals surface area contributed by atoms with Gasteiger partial charge in [0.15, 0.2) is 22.7 Å². The number of carbonyl (C=O) groups is 1. The molecule has 0 fully saturated rings. The number of nitrogens with zero attached hydrogens (tertiary/aromatic N) is 2. The quantitative estimate of drug-likeness (QED) is 0.317. The molecule has 2 atom stereocenters. The van der Waals surface area contributed by atoms with Crippen LogP contribution < -0.4 is 19.5 Å². The fourth-order valence-corrected chi connectivity index (χ4v) is 5.85. The van der Waals surface area contributed by atoms with E-state index in [1.54, 1.807) is 27.4 Å². The number of aryl methyl sites for hydroxylation is 1. The molecule has 5 rings (SSSR count). The molecule has 1 aromatic heterocycles. The number of amides is 1. The second-order valence-corrected chi connectivity index (χ2v) is 10.7. The maximum Gasteiger partial charge on any atom is 0.252 e. The standard InChI is InChI=1S/C30H33N3O8S/c1-17-7-8-20-25(11-17)42-29(31-20)32-27(34)16-40-26-14-18(9-10-30(26,38-5)39-6)22-15-21(33-41-22)19-12-23(35-2)28(37-4)24(13-19)36-3/h7-14,22,26H,15-16H2,1-6H3,(H,31,32,34). The molecule has 11 nitrogen and oxygen atoms in total. The van der Waals surface area contributed by atoms with E-state index in [1.807, 2.05) is 49.4 Å². The molecule has 222 valence electrons. The monoisotopic (exact) mass is 595 g/mol. The number of anilines is 1. The molecule has 0 saturated heterocycles. The number of fused-ring (bicyclic) bond motifs is 1. The molecule has 1 aliphatic heterocycles. The van der Waals surface area contributed by atoms with Crippen LogP contribution in [-0.4, -0.2) is 76.8 Å². The maximum atomic E-state index is 12.8. The summed E-state index contributed by atoms with van der Waals surface area (Å²) in [5.41, 5.74) is 4.26. The first-order chi connectivity index (χ1) is 20.3. The Bertz CT molecular complexity index is 1530. The van der Waals surface area contributed by atoms with Crippen LogP contribution in [0.2, 0.25) is 0 Å². The van der Waals surface area contributed by atoms with Gasteiger partial charge in [-0.1, -0.05) is 28.6 Å². The Kier molecular flexibility index (Phi) is 8.78. The van der Waals surface area contributed by atoms with Gasteiger partial charge in [-0.15, -0.1) is 0 Å². The largest absolute Gasteiger partial charge is 0.493 e. The van der Waals surface area contributed by atoms with Crippen molar-refractivity contribution >= 4 is 38.3 Å². The second kappa shape index (κ2) is 12.5. The number of nitrogens with one attached hydrogen (secondary N) is 1. The van der Waals surface area contributed by atoms with Crippen LogP contribution in [0.15, 0.2) is 59.3 Å². The number of methoxy groups -OCH3 is 5. The predicted molar refractivity (Wildman–Crippen MR) is 159 cm³/mol. The molecule has 0 spiro atoms. The summed E-state index contributed by atoms with van der Waals surface area (Å²) in [4.78, 5) is 23.1. The smallest absolute Gasteiger partial charge is 0.252 e. The van der Waals surface area contributed by atoms with E-state index in [-0.39, 0.29) is 12.5 Å². The van der Waals surface area contributed by atoms with Crippen LogP contribution in [-0.2, 0) is 23.8 Å². The van der Waals surface area contributed by atoms with E-state index >= 15 is 0 Å². The van der Waals surface area contributed by atoms with Crippen molar-refractivity contribution in [1.29, 1.82) is 0 Å². The molecule has 12 heteroatoms. The Labute approximate surface area is 247 Å². The number of benzene rings is 2. The highest BCUT2D eigenvalue weighted by Gasteiger charge is 2.41. The molecule has 0 bridgehead atoms. The number of aromatic nitrogens is 1. The van der Waals surface area contributed by atoms with Gasteiger partial charge in [-0.25, -0.2) is 4.98 Å². The highest BCUT2D eigenvalue weighted by atomic mass is 32.1. The lowest BCUT2D eigenvalue weighted by atomic mass is 9.92. The van der Waals surface area contributed by atoms with Crippen molar-refractivity contribution in [2.75, 3.05) is 47.5 Å². The zero-order valence-electron chi connectivity index (χ0n) is 24.3. The summed E-state index contributed by atoms with van der Waals surface area (Å²) in [7, 11) is 7.71. The minimum atomic E-state index is -1.23. The highest BCUT2D eigenvalue weighted by Crippen LogP contribution is 2.40. The minimum absolute atomic E-state index is 0.246. The van der Waals surface area contributed by atoms with E-state index in [1.165, 1.54) is 25.6 Å². The molecule has 1 N–H and O–H groups in total. The fourth-order valence-electron chi connectivity index (χ4n) is 4.86. The van der Waals surface area contributed by atoms with Gasteiger partial charge < -0.3 is 33.3 Å². The third kappa shape index (κ3) is 5.84. The first-order valence-electron chi connectivity index (χ1n) is 13.2. The summed E-state index contributed by atoms with van der Waals surface area (Å²) in [6, 6.07) is 9.61. The van der Waals surface area contributed by atoms with E-state index in [4.69, 9.17) is 33.3 Å². The van der Waals surface area contributed by atoms with Crippen LogP contribution in [0, 0.1) is 6.92 Å². The summed E-state index contributed by atoms with van der Waals surface area (Å²) < 4.78 is 34.8. The Morgan fingerprint density at radius 1 is 1.07 bits per heavy atom. The molecule has 2 unspecified atom stereocenters. The summed E-state index contributed by atoms with van der Waals surface area (Å²) in [5, 5.41) is 7.66. The van der Waals surface area contributed by atoms with Gasteiger partial charge >= 0.3 is 0 Å². The van der Waals surface area contributed by atoms with Gasteiger partial charge in [0.05, 0.1) is 37.3 Å².